The Morgan fingerprint density at radius 2 is 0.549 bits per heavy atom. The molecule has 48 heteroatoms. The predicted molar refractivity (Wildman–Crippen MR) is 536 cm³/mol. The minimum atomic E-state index is -5.22. The number of nitrogens with one attached hydrogen (secondary N) is 7. The van der Waals surface area contributed by atoms with Gasteiger partial charge in [-0.1, -0.05) is 174 Å². The molecule has 7 rings (SSSR count). The van der Waals surface area contributed by atoms with Crippen molar-refractivity contribution in [1.29, 1.82) is 0 Å². The zero-order valence-electron chi connectivity index (χ0n) is 86.9. The highest BCUT2D eigenvalue weighted by atomic mass is 35.5. The lowest BCUT2D eigenvalue weighted by molar-refractivity contribution is -0.276. The molecule has 0 aliphatic heterocycles. The molecule has 0 radical (unpaired) electrons. The number of rotatable bonds is 29. The van der Waals surface area contributed by atoms with Crippen LogP contribution in [-0.4, -0.2) is 106 Å². The standard InChI is InChI=1S/C15H25NO2S.C14H19ClF3NO2S.C14H20ClF2NO2S.C14H19F4NO3S.C13H18ClF2NO2S.C13H18F3NO2S.C13H19F2NO2S/c1-10(2)13-8-9-14(12(4)11(13)3)19(17,18)16-15(5,6)7;1-8(2)9-6-7-10(11(12(9)15)14(16,17)18)22(20,21)19-13(3,4)5;1-8(2)9-6-7-10(12(15)11(9)13(16)17)21(19,20)18-14(3,4)5;1-8(2)9-6-7-10(23(20,21)19-13(3,4)5)12(11(9)15)22-14(16,17)18;2*1-7(2)9-5-6-10(12(14)11(9)13(15)16)20(18,19)17-8(3)4;1-8(2)11-6-5-10(7-12(11)13(14)15)19(17,18)16-9(3)4/h8-10,16H,1-7H3;6-8,19H,1-5H3;6-8,13,18H,1-5H3;6-8,19H,1-5H3;2*5-8,13,17H,1-4H3;5-9,13,16H,1-4H3. The number of sulfonamides is 7. The highest BCUT2D eigenvalue weighted by Gasteiger charge is 2.43. The Kier molecular flexibility index (Phi) is 49.8. The molecule has 0 heterocycles. The number of benzene rings is 7. The Bertz CT molecular complexity index is 6280. The van der Waals surface area contributed by atoms with E-state index in [1.807, 2.05) is 40.7 Å². The Hall–Kier alpha value is -6.54. The molecule has 7 N–H and O–H groups in total. The zero-order chi connectivity index (χ0) is 113. The summed E-state index contributed by atoms with van der Waals surface area (Å²) < 4.78 is 402. The molecule has 0 amide bonds. The average Bonchev–Trinajstić information content (AvgIpc) is 0.754. The summed E-state index contributed by atoms with van der Waals surface area (Å²) in [6.45, 7) is 57.9. The van der Waals surface area contributed by atoms with Crippen LogP contribution in [0.2, 0.25) is 15.1 Å². The second-order valence-electron chi connectivity index (χ2n) is 40.6. The van der Waals surface area contributed by atoms with Crippen LogP contribution in [0.15, 0.2) is 125 Å². The van der Waals surface area contributed by atoms with E-state index >= 15 is 0 Å². The first-order chi connectivity index (χ1) is 64.4. The van der Waals surface area contributed by atoms with Crippen LogP contribution in [0, 0.1) is 25.5 Å². The van der Waals surface area contributed by atoms with Crippen molar-refractivity contribution in [2.24, 2.45) is 0 Å². The van der Waals surface area contributed by atoms with E-state index in [0.717, 1.165) is 41.5 Å². The van der Waals surface area contributed by atoms with Crippen LogP contribution in [0.3, 0.4) is 0 Å². The first-order valence-electron chi connectivity index (χ1n) is 45.0. The summed E-state index contributed by atoms with van der Waals surface area (Å²) >= 11 is 17.7. The summed E-state index contributed by atoms with van der Waals surface area (Å²) in [7, 11) is -28.0. The normalized spacial score (nSPS) is 13.1. The number of alkyl halides is 14. The van der Waals surface area contributed by atoms with Gasteiger partial charge in [-0.3, -0.25) is 0 Å². The smallest absolute Gasteiger partial charge is 0.401 e. The minimum absolute atomic E-state index is 0.0704. The van der Waals surface area contributed by atoms with E-state index in [9.17, 15) is 129 Å². The van der Waals surface area contributed by atoms with Crippen LogP contribution >= 0.6 is 34.8 Å². The van der Waals surface area contributed by atoms with Gasteiger partial charge in [0.05, 0.1) is 40.9 Å². The lowest BCUT2D eigenvalue weighted by Gasteiger charge is -2.23. The third kappa shape index (κ3) is 41.0. The molecule has 22 nitrogen and oxygen atoms in total. The monoisotopic (exact) mass is 2260 g/mol. The first kappa shape index (κ1) is 135. The summed E-state index contributed by atoms with van der Waals surface area (Å²) in [6, 6.07) is 18.4. The molecule has 7 aromatic rings. The second kappa shape index (κ2) is 53.0. The maximum Gasteiger partial charge on any atom is 0.573 e. The molecular weight excluding hydrogens is 2130 g/mol. The third-order valence-electron chi connectivity index (χ3n) is 19.3. The Morgan fingerprint density at radius 3 is 0.875 bits per heavy atom. The lowest BCUT2D eigenvalue weighted by atomic mass is 9.95. The topological polar surface area (TPSA) is 332 Å². The van der Waals surface area contributed by atoms with Crippen LogP contribution in [0.4, 0.5) is 70.2 Å². The van der Waals surface area contributed by atoms with Gasteiger partial charge in [-0.05, 0) is 279 Å². The van der Waals surface area contributed by atoms with Gasteiger partial charge in [0, 0.05) is 57.0 Å². The number of hydrogen-bond donors (Lipinski definition) is 7. The van der Waals surface area contributed by atoms with Gasteiger partial charge in [-0.25, -0.2) is 136 Å². The molecule has 0 saturated heterocycles. The maximum atomic E-state index is 14.4. The van der Waals surface area contributed by atoms with Gasteiger partial charge < -0.3 is 4.74 Å². The van der Waals surface area contributed by atoms with Gasteiger partial charge in [0.25, 0.3) is 25.7 Å². The van der Waals surface area contributed by atoms with Crippen molar-refractivity contribution in [1.82, 2.24) is 33.1 Å². The van der Waals surface area contributed by atoms with E-state index in [2.05, 4.69) is 51.6 Å². The first-order valence-corrected chi connectivity index (χ1v) is 56.5. The Labute approximate surface area is 856 Å². The fourth-order valence-corrected chi connectivity index (χ4v) is 25.7. The molecule has 144 heavy (non-hydrogen) atoms. The quantitative estimate of drug-likeness (QED) is 0.0214. The van der Waals surface area contributed by atoms with Gasteiger partial charge in [-0.2, -0.15) is 13.2 Å². The van der Waals surface area contributed by atoms with E-state index in [1.54, 1.807) is 172 Å². The van der Waals surface area contributed by atoms with Gasteiger partial charge in [0.2, 0.25) is 70.2 Å². The van der Waals surface area contributed by atoms with Crippen molar-refractivity contribution in [2.75, 3.05) is 0 Å². The van der Waals surface area contributed by atoms with E-state index in [0.29, 0.717) is 27.5 Å². The van der Waals surface area contributed by atoms with E-state index < -0.39 is 212 Å². The summed E-state index contributed by atoms with van der Waals surface area (Å²) in [6.07, 6.45) is -21.5. The van der Waals surface area contributed by atoms with Gasteiger partial charge in [0.1, 0.15) is 19.6 Å². The summed E-state index contributed by atoms with van der Waals surface area (Å²) in [4.78, 5) is -2.88. The molecule has 0 fully saturated rings. The molecule has 0 atom stereocenters. The molecule has 822 valence electrons. The molecule has 0 aliphatic carbocycles. The molecule has 0 saturated carbocycles. The molecule has 7 aromatic carbocycles. The molecule has 0 aromatic heterocycles. The predicted octanol–water partition coefficient (Wildman–Crippen LogP) is 27.6. The Balaban J connectivity index is 0.000000841. The summed E-state index contributed by atoms with van der Waals surface area (Å²) in [5.41, 5.74) is -1.71. The highest BCUT2D eigenvalue weighted by Crippen LogP contribution is 2.46. The van der Waals surface area contributed by atoms with Gasteiger partial charge in [0.15, 0.2) is 17.4 Å². The van der Waals surface area contributed by atoms with Crippen LogP contribution < -0.4 is 37.8 Å². The average molecular weight is 2260 g/mol. The summed E-state index contributed by atoms with van der Waals surface area (Å²) in [5, 5.41) is -1.38. The van der Waals surface area contributed by atoms with E-state index in [4.69, 9.17) is 34.8 Å². The zero-order valence-corrected chi connectivity index (χ0v) is 94.9. The molecular formula is C96H138Cl3F16N7O15S7. The molecule has 0 bridgehead atoms. The fraction of sp³-hybridized carbons (Fsp3) is 0.562. The second-order valence-corrected chi connectivity index (χ2v) is 53.4. The van der Waals surface area contributed by atoms with E-state index in [-0.39, 0.29) is 78.6 Å². The minimum Gasteiger partial charge on any atom is -0.401 e. The number of halogens is 19. The van der Waals surface area contributed by atoms with E-state index in [1.165, 1.54) is 74.9 Å². The van der Waals surface area contributed by atoms with Crippen molar-refractivity contribution < 1.29 is 134 Å². The summed E-state index contributed by atoms with van der Waals surface area (Å²) in [5.74, 6) is -5.15. The van der Waals surface area contributed by atoms with Gasteiger partial charge in [-0.15, -0.1) is 13.2 Å². The van der Waals surface area contributed by atoms with Crippen LogP contribution in [0.25, 0.3) is 0 Å². The largest absolute Gasteiger partial charge is 0.573 e. The highest BCUT2D eigenvalue weighted by molar-refractivity contribution is 7.91. The fourth-order valence-electron chi connectivity index (χ4n) is 13.6. The Morgan fingerprint density at radius 1 is 0.278 bits per heavy atom. The third-order valence-corrected chi connectivity index (χ3v) is 33.1. The van der Waals surface area contributed by atoms with Crippen molar-refractivity contribution in [3.05, 3.63) is 196 Å². The number of hydrogen-bond acceptors (Lipinski definition) is 15. The van der Waals surface area contributed by atoms with Crippen molar-refractivity contribution >= 4 is 105 Å². The molecule has 0 spiro atoms. The van der Waals surface area contributed by atoms with Crippen molar-refractivity contribution in [3.63, 3.8) is 0 Å². The SMILES string of the molecule is CC(C)NS(=O)(=O)c1ccc(C(C)C)c(C(F)F)c1.CC(C)NS(=O)(=O)c1ccc(C(C)C)c(C(F)F)c1Cl.CC(C)NS(=O)(=O)c1ccc(C(C)C)c(C(F)F)c1F.CC(C)c1ccc(S(=O)(=O)NC(C)(C)C)c(C(F)(F)F)c1Cl.CC(C)c1ccc(S(=O)(=O)NC(C)(C)C)c(Cl)c1C(F)F.CC(C)c1ccc(S(=O)(=O)NC(C)(C)C)c(OC(F)(F)F)c1F.Cc1c(C(C)C)ccc(S(=O)(=O)NC(C)(C)C)c1C. The van der Waals surface area contributed by atoms with Crippen molar-refractivity contribution in [2.45, 2.75) is 390 Å². The maximum absolute atomic E-state index is 14.4. The number of ether oxygens (including phenoxy) is 1. The molecule has 0 aliphatic rings. The molecule has 0 unspecified atom stereocenters. The van der Waals surface area contributed by atoms with Crippen LogP contribution in [0.1, 0.15) is 367 Å². The van der Waals surface area contributed by atoms with Crippen molar-refractivity contribution in [3.8, 4) is 5.75 Å². The van der Waals surface area contributed by atoms with Gasteiger partial charge >= 0.3 is 12.5 Å². The lowest BCUT2D eigenvalue weighted by Crippen LogP contribution is -2.41. The van der Waals surface area contributed by atoms with Crippen LogP contribution in [-0.2, 0) is 76.3 Å². The van der Waals surface area contributed by atoms with Crippen LogP contribution in [0.5, 0.6) is 5.75 Å².